The minimum atomic E-state index is -0.779. The van der Waals surface area contributed by atoms with E-state index >= 15 is 0 Å². The Bertz CT molecular complexity index is 498. The number of amides is 1. The van der Waals surface area contributed by atoms with Gasteiger partial charge in [-0.25, -0.2) is 0 Å². The number of carbonyl (C=O) groups excluding carboxylic acids is 1. The molecule has 0 aliphatic carbocycles. The third-order valence-corrected chi connectivity index (χ3v) is 5.33. The SMILES string of the molecule is CC(CC(=O)O)N1CCN(C(=O)c2sccc2Br)CC1. The molecule has 7 heteroatoms. The van der Waals surface area contributed by atoms with Crippen molar-refractivity contribution in [1.29, 1.82) is 0 Å². The fraction of sp³-hybridized carbons (Fsp3) is 0.538. The van der Waals surface area contributed by atoms with E-state index in [1.807, 2.05) is 23.3 Å². The summed E-state index contributed by atoms with van der Waals surface area (Å²) in [6, 6.07) is 1.89. The summed E-state index contributed by atoms with van der Waals surface area (Å²) in [5, 5.41) is 10.7. The number of halogens is 1. The molecule has 1 saturated heterocycles. The molecule has 1 N–H and O–H groups in total. The Morgan fingerprint density at radius 2 is 2.05 bits per heavy atom. The van der Waals surface area contributed by atoms with Crippen LogP contribution in [-0.2, 0) is 4.79 Å². The zero-order valence-corrected chi connectivity index (χ0v) is 13.6. The highest BCUT2D eigenvalue weighted by atomic mass is 79.9. The van der Waals surface area contributed by atoms with Gasteiger partial charge >= 0.3 is 5.97 Å². The first-order chi connectivity index (χ1) is 9.49. The maximum Gasteiger partial charge on any atom is 0.304 e. The summed E-state index contributed by atoms with van der Waals surface area (Å²) in [4.78, 5) is 27.7. The van der Waals surface area contributed by atoms with Gasteiger partial charge in [0.05, 0.1) is 6.42 Å². The number of nitrogens with zero attached hydrogens (tertiary/aromatic N) is 2. The van der Waals surface area contributed by atoms with Crippen LogP contribution in [0.5, 0.6) is 0 Å². The van der Waals surface area contributed by atoms with Crippen LogP contribution in [0, 0.1) is 0 Å². The van der Waals surface area contributed by atoms with Crippen LogP contribution in [0.4, 0.5) is 0 Å². The zero-order chi connectivity index (χ0) is 14.7. The molecule has 1 aromatic rings. The van der Waals surface area contributed by atoms with Gasteiger partial charge in [0, 0.05) is 36.7 Å². The average molecular weight is 361 g/mol. The van der Waals surface area contributed by atoms with E-state index < -0.39 is 5.97 Å². The molecule has 110 valence electrons. The second-order valence-corrected chi connectivity index (χ2v) is 6.64. The van der Waals surface area contributed by atoms with E-state index in [1.165, 1.54) is 11.3 Å². The number of carboxylic acid groups (broad SMARTS) is 1. The maximum atomic E-state index is 12.3. The van der Waals surface area contributed by atoms with Crippen LogP contribution in [0.25, 0.3) is 0 Å². The fourth-order valence-electron chi connectivity index (χ4n) is 2.34. The van der Waals surface area contributed by atoms with Gasteiger partial charge in [0.25, 0.3) is 5.91 Å². The van der Waals surface area contributed by atoms with Crippen molar-refractivity contribution in [3.63, 3.8) is 0 Å². The molecule has 0 saturated carbocycles. The lowest BCUT2D eigenvalue weighted by Crippen LogP contribution is -2.51. The second-order valence-electron chi connectivity index (χ2n) is 4.87. The van der Waals surface area contributed by atoms with Crippen molar-refractivity contribution in [3.8, 4) is 0 Å². The number of aliphatic carboxylic acids is 1. The van der Waals surface area contributed by atoms with Crippen molar-refractivity contribution in [1.82, 2.24) is 9.80 Å². The van der Waals surface area contributed by atoms with Crippen LogP contribution in [0.3, 0.4) is 0 Å². The fourth-order valence-corrected chi connectivity index (χ4v) is 3.85. The summed E-state index contributed by atoms with van der Waals surface area (Å²) < 4.78 is 0.842. The Morgan fingerprint density at radius 1 is 1.40 bits per heavy atom. The minimum absolute atomic E-state index is 0.0122. The van der Waals surface area contributed by atoms with Crippen molar-refractivity contribution in [3.05, 3.63) is 20.8 Å². The first-order valence-corrected chi connectivity index (χ1v) is 8.14. The van der Waals surface area contributed by atoms with E-state index in [2.05, 4.69) is 20.8 Å². The third kappa shape index (κ3) is 3.59. The van der Waals surface area contributed by atoms with Gasteiger partial charge in [0.2, 0.25) is 0 Å². The van der Waals surface area contributed by atoms with E-state index in [1.54, 1.807) is 0 Å². The second kappa shape index (κ2) is 6.69. The van der Waals surface area contributed by atoms with Crippen LogP contribution in [0.15, 0.2) is 15.9 Å². The molecule has 1 aromatic heterocycles. The number of thiophene rings is 1. The summed E-state index contributed by atoms with van der Waals surface area (Å²) in [5.74, 6) is -0.726. The zero-order valence-electron chi connectivity index (χ0n) is 11.2. The molecule has 2 heterocycles. The highest BCUT2D eigenvalue weighted by Gasteiger charge is 2.26. The Balaban J connectivity index is 1.90. The summed E-state index contributed by atoms with van der Waals surface area (Å²) in [6.45, 7) is 4.66. The first-order valence-electron chi connectivity index (χ1n) is 6.47. The van der Waals surface area contributed by atoms with Crippen LogP contribution in [0.2, 0.25) is 0 Å². The Labute approximate surface area is 130 Å². The summed E-state index contributed by atoms with van der Waals surface area (Å²) in [7, 11) is 0. The smallest absolute Gasteiger partial charge is 0.304 e. The van der Waals surface area contributed by atoms with Crippen LogP contribution < -0.4 is 0 Å². The van der Waals surface area contributed by atoms with Crippen molar-refractivity contribution in [2.45, 2.75) is 19.4 Å². The lowest BCUT2D eigenvalue weighted by molar-refractivity contribution is -0.138. The highest BCUT2D eigenvalue weighted by molar-refractivity contribution is 9.10. The lowest BCUT2D eigenvalue weighted by Gasteiger charge is -2.37. The van der Waals surface area contributed by atoms with E-state index in [4.69, 9.17) is 5.11 Å². The number of hydrogen-bond acceptors (Lipinski definition) is 4. The van der Waals surface area contributed by atoms with Gasteiger partial charge < -0.3 is 10.0 Å². The number of carboxylic acids is 1. The predicted octanol–water partition coefficient (Wildman–Crippen LogP) is 2.13. The Hall–Kier alpha value is -0.920. The molecule has 20 heavy (non-hydrogen) atoms. The number of rotatable bonds is 4. The van der Waals surface area contributed by atoms with Gasteiger partial charge in [-0.15, -0.1) is 11.3 Å². The summed E-state index contributed by atoms with van der Waals surface area (Å²) >= 11 is 4.82. The van der Waals surface area contributed by atoms with E-state index in [9.17, 15) is 9.59 Å². The molecule has 5 nitrogen and oxygen atoms in total. The topological polar surface area (TPSA) is 60.9 Å². The minimum Gasteiger partial charge on any atom is -0.481 e. The van der Waals surface area contributed by atoms with Gasteiger partial charge in [-0.2, -0.15) is 0 Å². The van der Waals surface area contributed by atoms with Gasteiger partial charge in [-0.05, 0) is 34.3 Å². The highest BCUT2D eigenvalue weighted by Crippen LogP contribution is 2.24. The van der Waals surface area contributed by atoms with Crippen molar-refractivity contribution >= 4 is 39.1 Å². The normalized spacial score (nSPS) is 18.0. The average Bonchev–Trinajstić information content (AvgIpc) is 2.83. The lowest BCUT2D eigenvalue weighted by atomic mass is 10.1. The van der Waals surface area contributed by atoms with E-state index in [0.29, 0.717) is 13.1 Å². The molecular formula is C13H17BrN2O3S. The molecule has 1 fully saturated rings. The predicted molar refractivity (Wildman–Crippen MR) is 81.2 cm³/mol. The Kier molecular flexibility index (Phi) is 5.17. The monoisotopic (exact) mass is 360 g/mol. The van der Waals surface area contributed by atoms with Crippen LogP contribution in [-0.4, -0.2) is 59.0 Å². The molecule has 1 aliphatic rings. The van der Waals surface area contributed by atoms with Crippen LogP contribution in [0.1, 0.15) is 23.0 Å². The van der Waals surface area contributed by atoms with E-state index in [0.717, 1.165) is 22.4 Å². The molecule has 1 unspecified atom stereocenters. The van der Waals surface area contributed by atoms with E-state index in [-0.39, 0.29) is 18.4 Å². The van der Waals surface area contributed by atoms with Crippen molar-refractivity contribution in [2.24, 2.45) is 0 Å². The van der Waals surface area contributed by atoms with Crippen LogP contribution >= 0.6 is 27.3 Å². The quantitative estimate of drug-likeness (QED) is 0.893. The molecular weight excluding hydrogens is 344 g/mol. The molecule has 0 bridgehead atoms. The maximum absolute atomic E-state index is 12.3. The number of hydrogen-bond donors (Lipinski definition) is 1. The molecule has 2 rings (SSSR count). The van der Waals surface area contributed by atoms with Gasteiger partial charge in [0.1, 0.15) is 4.88 Å². The number of piperazine rings is 1. The molecule has 0 spiro atoms. The van der Waals surface area contributed by atoms with Crippen molar-refractivity contribution < 1.29 is 14.7 Å². The van der Waals surface area contributed by atoms with Crippen molar-refractivity contribution in [2.75, 3.05) is 26.2 Å². The molecule has 0 radical (unpaired) electrons. The Morgan fingerprint density at radius 3 is 2.55 bits per heavy atom. The molecule has 1 atom stereocenters. The summed E-state index contributed by atoms with van der Waals surface area (Å²) in [5.41, 5.74) is 0. The number of carbonyl (C=O) groups is 2. The molecule has 0 aromatic carbocycles. The largest absolute Gasteiger partial charge is 0.481 e. The van der Waals surface area contributed by atoms with Gasteiger partial charge in [-0.3, -0.25) is 14.5 Å². The van der Waals surface area contributed by atoms with Gasteiger partial charge in [-0.1, -0.05) is 0 Å². The third-order valence-electron chi connectivity index (χ3n) is 3.51. The summed E-state index contributed by atoms with van der Waals surface area (Å²) in [6.07, 6.45) is 0.143. The molecule has 1 aliphatic heterocycles. The van der Waals surface area contributed by atoms with Gasteiger partial charge in [0.15, 0.2) is 0 Å². The first kappa shape index (κ1) is 15.5. The molecule has 1 amide bonds. The standard InChI is InChI=1S/C13H17BrN2O3S/c1-9(8-11(17)18)15-3-5-16(6-4-15)13(19)12-10(14)2-7-20-12/h2,7,9H,3-6,8H2,1H3,(H,17,18).